The van der Waals surface area contributed by atoms with Crippen LogP contribution in [0.3, 0.4) is 0 Å². The van der Waals surface area contributed by atoms with Crippen molar-refractivity contribution in [2.24, 2.45) is 0 Å². The lowest BCUT2D eigenvalue weighted by atomic mass is 9.97. The van der Waals surface area contributed by atoms with Crippen LogP contribution >= 0.6 is 0 Å². The highest BCUT2D eigenvalue weighted by Crippen LogP contribution is 2.23. The van der Waals surface area contributed by atoms with Gasteiger partial charge in [-0.2, -0.15) is 0 Å². The molecule has 0 spiro atoms. The van der Waals surface area contributed by atoms with Gasteiger partial charge in [0.05, 0.1) is 0 Å². The van der Waals surface area contributed by atoms with Gasteiger partial charge in [0.25, 0.3) is 0 Å². The molecule has 18 heavy (non-hydrogen) atoms. The number of likely N-dealkylation sites (N-methyl/N-ethyl adjacent to an activating group) is 1. The topological polar surface area (TPSA) is 37.8 Å². The molecular weight excluding hydrogens is 222 g/mol. The highest BCUT2D eigenvalue weighted by Gasteiger charge is 2.16. The molecule has 1 aromatic rings. The fourth-order valence-electron chi connectivity index (χ4n) is 2.33. The first-order valence-corrected chi connectivity index (χ1v) is 7.06. The van der Waals surface area contributed by atoms with Crippen molar-refractivity contribution in [3.63, 3.8) is 0 Å². The second kappa shape index (κ2) is 6.83. The summed E-state index contributed by atoms with van der Waals surface area (Å²) in [5.74, 6) is 1.91. The van der Waals surface area contributed by atoms with E-state index in [0.717, 1.165) is 36.7 Å². The molecule has 1 heterocycles. The molecule has 102 valence electrons. The Bertz CT molecular complexity index is 364. The highest BCUT2D eigenvalue weighted by atomic mass is 14.9. The number of nitrogens with one attached hydrogen (secondary N) is 1. The van der Waals surface area contributed by atoms with Gasteiger partial charge in [-0.3, -0.25) is 0 Å². The fraction of sp³-hybridized carbons (Fsp3) is 0.733. The SMILES string of the molecule is CCNCC(C)c1c(C)nc(C(C)CC)nc1C. The summed E-state index contributed by atoms with van der Waals surface area (Å²) >= 11 is 0. The second-order valence-corrected chi connectivity index (χ2v) is 5.18. The van der Waals surface area contributed by atoms with E-state index in [-0.39, 0.29) is 0 Å². The van der Waals surface area contributed by atoms with Crippen molar-refractivity contribution in [3.05, 3.63) is 22.8 Å². The number of aryl methyl sites for hydroxylation is 2. The zero-order valence-electron chi connectivity index (χ0n) is 12.7. The first-order chi connectivity index (χ1) is 8.51. The maximum absolute atomic E-state index is 4.69. The van der Waals surface area contributed by atoms with Crippen molar-refractivity contribution in [2.75, 3.05) is 13.1 Å². The molecule has 1 N–H and O–H groups in total. The molecular formula is C15H27N3. The van der Waals surface area contributed by atoms with Crippen molar-refractivity contribution < 1.29 is 0 Å². The van der Waals surface area contributed by atoms with Crippen LogP contribution in [0, 0.1) is 13.8 Å². The van der Waals surface area contributed by atoms with E-state index in [1.807, 2.05) is 0 Å². The predicted molar refractivity (Wildman–Crippen MR) is 77.2 cm³/mol. The molecule has 0 bridgehead atoms. The first-order valence-electron chi connectivity index (χ1n) is 7.06. The average molecular weight is 249 g/mol. The summed E-state index contributed by atoms with van der Waals surface area (Å²) < 4.78 is 0. The van der Waals surface area contributed by atoms with Crippen molar-refractivity contribution in [2.45, 2.75) is 59.8 Å². The van der Waals surface area contributed by atoms with Gasteiger partial charge in [0, 0.05) is 23.9 Å². The predicted octanol–water partition coefficient (Wildman–Crippen LogP) is 3.32. The highest BCUT2D eigenvalue weighted by molar-refractivity contribution is 5.28. The van der Waals surface area contributed by atoms with Gasteiger partial charge in [-0.15, -0.1) is 0 Å². The third-order valence-corrected chi connectivity index (χ3v) is 3.59. The summed E-state index contributed by atoms with van der Waals surface area (Å²) in [6.07, 6.45) is 1.09. The minimum Gasteiger partial charge on any atom is -0.316 e. The van der Waals surface area contributed by atoms with Crippen LogP contribution in [0.2, 0.25) is 0 Å². The molecule has 3 heteroatoms. The van der Waals surface area contributed by atoms with E-state index < -0.39 is 0 Å². The maximum Gasteiger partial charge on any atom is 0.131 e. The molecule has 0 saturated carbocycles. The number of aromatic nitrogens is 2. The summed E-state index contributed by atoms with van der Waals surface area (Å²) in [5.41, 5.74) is 3.59. The molecule has 1 aromatic heterocycles. The van der Waals surface area contributed by atoms with Gasteiger partial charge >= 0.3 is 0 Å². The van der Waals surface area contributed by atoms with Gasteiger partial charge in [-0.05, 0) is 38.3 Å². The largest absolute Gasteiger partial charge is 0.316 e. The smallest absolute Gasteiger partial charge is 0.131 e. The lowest BCUT2D eigenvalue weighted by Gasteiger charge is -2.19. The average Bonchev–Trinajstić information content (AvgIpc) is 2.34. The first kappa shape index (κ1) is 15.1. The van der Waals surface area contributed by atoms with Crippen LogP contribution in [-0.2, 0) is 0 Å². The molecule has 0 saturated heterocycles. The Hall–Kier alpha value is -0.960. The molecule has 0 aliphatic rings. The Balaban J connectivity index is 3.00. The number of rotatable bonds is 6. The normalized spacial score (nSPS) is 14.6. The van der Waals surface area contributed by atoms with Crippen LogP contribution in [0.1, 0.15) is 68.7 Å². The van der Waals surface area contributed by atoms with Crippen molar-refractivity contribution in [1.29, 1.82) is 0 Å². The Morgan fingerprint density at radius 2 is 1.56 bits per heavy atom. The fourth-order valence-corrected chi connectivity index (χ4v) is 2.33. The minimum absolute atomic E-state index is 0.445. The van der Waals surface area contributed by atoms with Gasteiger partial charge in [0.2, 0.25) is 0 Å². The summed E-state index contributed by atoms with van der Waals surface area (Å²) in [6, 6.07) is 0. The van der Waals surface area contributed by atoms with Crippen LogP contribution in [0.15, 0.2) is 0 Å². The summed E-state index contributed by atoms with van der Waals surface area (Å²) in [7, 11) is 0. The van der Waals surface area contributed by atoms with E-state index in [0.29, 0.717) is 11.8 Å². The molecule has 1 rings (SSSR count). The summed E-state index contributed by atoms with van der Waals surface area (Å²) in [6.45, 7) is 15.0. The number of nitrogens with zero attached hydrogens (tertiary/aromatic N) is 2. The summed E-state index contributed by atoms with van der Waals surface area (Å²) in [5, 5.41) is 3.39. The standard InChI is InChI=1S/C15H27N3/c1-7-10(3)15-17-12(5)14(13(6)18-15)11(4)9-16-8-2/h10-11,16H,7-9H2,1-6H3. The van der Waals surface area contributed by atoms with Crippen molar-refractivity contribution in [3.8, 4) is 0 Å². The van der Waals surface area contributed by atoms with Crippen LogP contribution in [-0.4, -0.2) is 23.1 Å². The Morgan fingerprint density at radius 1 is 1.00 bits per heavy atom. The van der Waals surface area contributed by atoms with Crippen LogP contribution < -0.4 is 5.32 Å². The molecule has 2 atom stereocenters. The van der Waals surface area contributed by atoms with E-state index in [9.17, 15) is 0 Å². The van der Waals surface area contributed by atoms with E-state index >= 15 is 0 Å². The van der Waals surface area contributed by atoms with Gasteiger partial charge in [-0.1, -0.05) is 27.7 Å². The molecule has 0 fully saturated rings. The zero-order chi connectivity index (χ0) is 13.7. The number of hydrogen-bond acceptors (Lipinski definition) is 3. The number of hydrogen-bond donors (Lipinski definition) is 1. The quantitative estimate of drug-likeness (QED) is 0.840. The monoisotopic (exact) mass is 249 g/mol. The molecule has 0 amide bonds. The maximum atomic E-state index is 4.69. The Kier molecular flexibility index (Phi) is 5.73. The zero-order valence-corrected chi connectivity index (χ0v) is 12.7. The van der Waals surface area contributed by atoms with Gasteiger partial charge in [0.15, 0.2) is 0 Å². The van der Waals surface area contributed by atoms with Crippen LogP contribution in [0.25, 0.3) is 0 Å². The van der Waals surface area contributed by atoms with E-state index in [4.69, 9.17) is 9.97 Å². The molecule has 0 aliphatic heterocycles. The Morgan fingerprint density at radius 3 is 2.00 bits per heavy atom. The molecule has 2 unspecified atom stereocenters. The minimum atomic E-state index is 0.445. The lowest BCUT2D eigenvalue weighted by Crippen LogP contribution is -2.21. The van der Waals surface area contributed by atoms with Gasteiger partial charge in [0.1, 0.15) is 5.82 Å². The van der Waals surface area contributed by atoms with Crippen LogP contribution in [0.5, 0.6) is 0 Å². The van der Waals surface area contributed by atoms with E-state index in [2.05, 4.69) is 46.9 Å². The van der Waals surface area contributed by atoms with Gasteiger partial charge in [-0.25, -0.2) is 9.97 Å². The molecule has 0 aromatic carbocycles. The Labute approximate surface area is 111 Å². The van der Waals surface area contributed by atoms with Crippen LogP contribution in [0.4, 0.5) is 0 Å². The van der Waals surface area contributed by atoms with E-state index in [1.165, 1.54) is 5.56 Å². The molecule has 0 aliphatic carbocycles. The third-order valence-electron chi connectivity index (χ3n) is 3.59. The second-order valence-electron chi connectivity index (χ2n) is 5.18. The third kappa shape index (κ3) is 3.52. The lowest BCUT2D eigenvalue weighted by molar-refractivity contribution is 0.613. The van der Waals surface area contributed by atoms with Gasteiger partial charge < -0.3 is 5.32 Å². The summed E-state index contributed by atoms with van der Waals surface area (Å²) in [4.78, 5) is 9.39. The molecule has 0 radical (unpaired) electrons. The van der Waals surface area contributed by atoms with Crippen molar-refractivity contribution in [1.82, 2.24) is 15.3 Å². The van der Waals surface area contributed by atoms with E-state index in [1.54, 1.807) is 0 Å². The van der Waals surface area contributed by atoms with Crippen molar-refractivity contribution >= 4 is 0 Å². The molecule has 3 nitrogen and oxygen atoms in total.